The number of benzene rings is 4. The monoisotopic (exact) mass is 617 g/mol. The van der Waals surface area contributed by atoms with Crippen LogP contribution in [0.5, 0.6) is 0 Å². The smallest absolute Gasteiger partial charge is 0.294 e. The van der Waals surface area contributed by atoms with Crippen molar-refractivity contribution < 1.29 is 22.3 Å². The van der Waals surface area contributed by atoms with Gasteiger partial charge in [0.15, 0.2) is 12.3 Å². The lowest BCUT2D eigenvalue weighted by Crippen LogP contribution is -2.47. The zero-order valence-electron chi connectivity index (χ0n) is 26.3. The van der Waals surface area contributed by atoms with E-state index in [2.05, 4.69) is 86.6 Å². The average Bonchev–Trinajstić information content (AvgIpc) is 3.39. The minimum atomic E-state index is -4.29. The van der Waals surface area contributed by atoms with Crippen molar-refractivity contribution >= 4 is 48.7 Å². The van der Waals surface area contributed by atoms with Crippen LogP contribution in [0.2, 0.25) is 0 Å². The van der Waals surface area contributed by atoms with Crippen LogP contribution in [0.3, 0.4) is 0 Å². The molecule has 4 aromatic carbocycles. The van der Waals surface area contributed by atoms with Crippen molar-refractivity contribution in [3.8, 4) is 0 Å². The van der Waals surface area contributed by atoms with Gasteiger partial charge in [0, 0.05) is 52.5 Å². The zero-order valence-corrected chi connectivity index (χ0v) is 27.1. The van der Waals surface area contributed by atoms with Crippen molar-refractivity contribution in [2.45, 2.75) is 75.4 Å². The summed E-state index contributed by atoms with van der Waals surface area (Å²) >= 11 is 0. The Balaban J connectivity index is 1.23. The standard InChI is InChI=1S/C38H36N2O4S/c1-21-6-10-25-22(18-21)7-12-29-33(25)37(2,3)35-27-20-28-32(44-31(27)14-16-39(29)35)15-17-40-30-13-8-23-19-24(45(41,42)43)9-11-26(23)34(30)38(4,5)36(28)40/h6-13,18-20,31-32H,14-17H2,1-5H3/p+1. The summed E-state index contributed by atoms with van der Waals surface area (Å²) in [6.45, 7) is 13.3. The molecule has 0 spiro atoms. The maximum Gasteiger partial charge on any atom is 0.294 e. The topological polar surface area (TPSA) is 69.8 Å². The molecular formula is C38H37N2O4S+. The van der Waals surface area contributed by atoms with E-state index < -0.39 is 10.1 Å². The van der Waals surface area contributed by atoms with Gasteiger partial charge in [0.25, 0.3) is 10.1 Å². The molecule has 0 bridgehead atoms. The van der Waals surface area contributed by atoms with Crippen LogP contribution >= 0.6 is 0 Å². The normalized spacial score (nSPS) is 24.2. The maximum absolute atomic E-state index is 11.9. The highest BCUT2D eigenvalue weighted by Gasteiger charge is 2.55. The molecule has 0 saturated carbocycles. The van der Waals surface area contributed by atoms with Crippen LogP contribution in [0.15, 0.2) is 88.5 Å². The number of allylic oxidation sites excluding steroid dienone is 1. The summed E-state index contributed by atoms with van der Waals surface area (Å²) in [4.78, 5) is 2.39. The minimum absolute atomic E-state index is 0.0406. The lowest BCUT2D eigenvalue weighted by Gasteiger charge is -2.42. The first kappa shape index (κ1) is 27.5. The summed E-state index contributed by atoms with van der Waals surface area (Å²) in [5.74, 6) is 0. The number of fused-ring (bicyclic) bond motifs is 12. The Hall–Kier alpha value is -3.78. The van der Waals surface area contributed by atoms with Gasteiger partial charge in [-0.15, -0.1) is 0 Å². The summed E-state index contributed by atoms with van der Waals surface area (Å²) in [7, 11) is -4.29. The van der Waals surface area contributed by atoms with Crippen LogP contribution in [0, 0.1) is 6.92 Å². The second-order valence-electron chi connectivity index (χ2n) is 14.5. The van der Waals surface area contributed by atoms with Crippen LogP contribution in [-0.2, 0) is 25.7 Å². The van der Waals surface area contributed by atoms with Crippen LogP contribution < -0.4 is 4.90 Å². The Kier molecular flexibility index (Phi) is 5.33. The number of rotatable bonds is 1. The first-order valence-corrected chi connectivity index (χ1v) is 17.4. The molecule has 1 N–H and O–H groups in total. The van der Waals surface area contributed by atoms with E-state index in [0.717, 1.165) is 36.7 Å². The zero-order chi connectivity index (χ0) is 31.2. The Morgan fingerprint density at radius 2 is 1.60 bits per heavy atom. The van der Waals surface area contributed by atoms with E-state index in [1.54, 1.807) is 6.07 Å². The third-order valence-electron chi connectivity index (χ3n) is 11.1. The van der Waals surface area contributed by atoms with Crippen molar-refractivity contribution in [2.24, 2.45) is 0 Å². The van der Waals surface area contributed by atoms with Crippen molar-refractivity contribution in [3.05, 3.63) is 100 Å². The molecular weight excluding hydrogens is 580 g/mol. The molecule has 0 radical (unpaired) electrons. The van der Waals surface area contributed by atoms with Crippen molar-refractivity contribution in [1.29, 1.82) is 0 Å². The predicted octanol–water partition coefficient (Wildman–Crippen LogP) is 7.48. The minimum Gasteiger partial charge on any atom is -0.365 e. The number of hydrogen-bond donors (Lipinski definition) is 1. The molecule has 0 aliphatic carbocycles. The first-order chi connectivity index (χ1) is 21.4. The average molecular weight is 618 g/mol. The Labute approximate surface area is 264 Å². The molecule has 228 valence electrons. The quantitative estimate of drug-likeness (QED) is 0.177. The molecule has 9 rings (SSSR count). The van der Waals surface area contributed by atoms with Gasteiger partial charge < -0.3 is 9.64 Å². The van der Waals surface area contributed by atoms with E-state index in [1.165, 1.54) is 67.5 Å². The molecule has 5 aliphatic heterocycles. The summed E-state index contributed by atoms with van der Waals surface area (Å²) in [6, 6.07) is 20.4. The lowest BCUT2D eigenvalue weighted by molar-refractivity contribution is -0.445. The maximum atomic E-state index is 11.9. The molecule has 0 fully saturated rings. The van der Waals surface area contributed by atoms with Crippen LogP contribution in [0.25, 0.3) is 21.5 Å². The second-order valence-corrected chi connectivity index (χ2v) is 15.9. The molecule has 0 amide bonds. The predicted molar refractivity (Wildman–Crippen MR) is 179 cm³/mol. The first-order valence-electron chi connectivity index (χ1n) is 16.0. The summed E-state index contributed by atoms with van der Waals surface area (Å²) in [5, 5.41) is 4.45. The van der Waals surface area contributed by atoms with Gasteiger partial charge in [-0.1, -0.05) is 49.7 Å². The van der Waals surface area contributed by atoms with Gasteiger partial charge in [0.2, 0.25) is 5.69 Å². The molecule has 5 aliphatic rings. The van der Waals surface area contributed by atoms with E-state index in [9.17, 15) is 13.0 Å². The summed E-state index contributed by atoms with van der Waals surface area (Å²) < 4.78 is 43.1. The van der Waals surface area contributed by atoms with Crippen molar-refractivity contribution in [3.63, 3.8) is 0 Å². The molecule has 5 heterocycles. The van der Waals surface area contributed by atoms with Crippen molar-refractivity contribution in [2.75, 3.05) is 18.0 Å². The van der Waals surface area contributed by atoms with E-state index in [0.29, 0.717) is 0 Å². The molecule has 2 atom stereocenters. The third-order valence-corrected chi connectivity index (χ3v) is 11.9. The van der Waals surface area contributed by atoms with E-state index >= 15 is 0 Å². The van der Waals surface area contributed by atoms with E-state index in [4.69, 9.17) is 4.74 Å². The second kappa shape index (κ2) is 8.72. The van der Waals surface area contributed by atoms with Gasteiger partial charge in [-0.3, -0.25) is 4.55 Å². The number of aryl methyl sites for hydroxylation is 1. The Morgan fingerprint density at radius 1 is 0.867 bits per heavy atom. The molecule has 4 aromatic rings. The SMILES string of the molecule is Cc1ccc2c3c(ccc2c1)[N+]1=C(C2=CC4=C5N(CCC4OC2CC1)c1ccc2cc(S(=O)(=O)O)ccc2c1C5(C)C)C3(C)C. The van der Waals surface area contributed by atoms with Gasteiger partial charge in [-0.25, -0.2) is 0 Å². The highest BCUT2D eigenvalue weighted by molar-refractivity contribution is 7.85. The van der Waals surface area contributed by atoms with Crippen molar-refractivity contribution in [1.82, 2.24) is 0 Å². The number of nitrogens with zero attached hydrogens (tertiary/aromatic N) is 2. The number of anilines is 1. The van der Waals surface area contributed by atoms with Crippen LogP contribution in [-0.4, -0.2) is 48.6 Å². The highest BCUT2D eigenvalue weighted by atomic mass is 32.2. The van der Waals surface area contributed by atoms with E-state index in [1.807, 2.05) is 12.1 Å². The third kappa shape index (κ3) is 3.57. The fourth-order valence-electron chi connectivity index (χ4n) is 9.39. The molecule has 45 heavy (non-hydrogen) atoms. The Morgan fingerprint density at radius 3 is 2.40 bits per heavy atom. The van der Waals surface area contributed by atoms with Crippen LogP contribution in [0.1, 0.15) is 57.2 Å². The van der Waals surface area contributed by atoms with Crippen LogP contribution in [0.4, 0.5) is 11.4 Å². The number of ether oxygens (including phenoxy) is 1. The van der Waals surface area contributed by atoms with Gasteiger partial charge in [0.1, 0.15) is 0 Å². The molecule has 6 nitrogen and oxygen atoms in total. The molecule has 0 aromatic heterocycles. The summed E-state index contributed by atoms with van der Waals surface area (Å²) in [6.07, 6.45) is 4.48. The van der Waals surface area contributed by atoms with Gasteiger partial charge in [0.05, 0.1) is 22.5 Å². The van der Waals surface area contributed by atoms with Gasteiger partial charge in [-0.2, -0.15) is 13.0 Å². The largest absolute Gasteiger partial charge is 0.365 e. The lowest BCUT2D eigenvalue weighted by atomic mass is 9.72. The van der Waals surface area contributed by atoms with E-state index in [-0.39, 0.29) is 27.9 Å². The fourth-order valence-corrected chi connectivity index (χ4v) is 9.90. The molecule has 7 heteroatoms. The number of hydrogen-bond acceptors (Lipinski definition) is 4. The van der Waals surface area contributed by atoms with Gasteiger partial charge in [-0.05, 0) is 84.6 Å². The summed E-state index contributed by atoms with van der Waals surface area (Å²) in [5.41, 5.74) is 11.1. The van der Waals surface area contributed by atoms with Gasteiger partial charge >= 0.3 is 0 Å². The highest BCUT2D eigenvalue weighted by Crippen LogP contribution is 2.56. The molecule has 2 unspecified atom stereocenters. The Bertz CT molecular complexity index is 2260. The fraction of sp³-hybridized carbons (Fsp3) is 0.342. The molecule has 0 saturated heterocycles.